The van der Waals surface area contributed by atoms with E-state index >= 15 is 0 Å². The summed E-state index contributed by atoms with van der Waals surface area (Å²) in [5.41, 5.74) is 0.127. The number of ether oxygens (including phenoxy) is 2. The van der Waals surface area contributed by atoms with Gasteiger partial charge < -0.3 is 9.47 Å². The van der Waals surface area contributed by atoms with Crippen LogP contribution >= 0.6 is 0 Å². The monoisotopic (exact) mass is 184 g/mol. The van der Waals surface area contributed by atoms with Crippen LogP contribution in [-0.2, 0) is 9.47 Å². The summed E-state index contributed by atoms with van der Waals surface area (Å²) in [4.78, 5) is 0. The van der Waals surface area contributed by atoms with Crippen molar-refractivity contribution in [1.29, 1.82) is 0 Å². The van der Waals surface area contributed by atoms with Crippen molar-refractivity contribution in [2.45, 2.75) is 57.2 Å². The maximum absolute atomic E-state index is 5.76. The van der Waals surface area contributed by atoms with Crippen LogP contribution in [0.2, 0.25) is 0 Å². The molecule has 2 rings (SSSR count). The lowest BCUT2D eigenvalue weighted by atomic mass is 9.92. The zero-order valence-electron chi connectivity index (χ0n) is 8.55. The zero-order chi connectivity index (χ0) is 9.15. The van der Waals surface area contributed by atoms with Gasteiger partial charge in [0.15, 0.2) is 0 Å². The average molecular weight is 184 g/mol. The minimum atomic E-state index is 0.127. The summed E-state index contributed by atoms with van der Waals surface area (Å²) in [7, 11) is 0. The summed E-state index contributed by atoms with van der Waals surface area (Å²) >= 11 is 0. The van der Waals surface area contributed by atoms with Crippen LogP contribution in [0.5, 0.6) is 0 Å². The normalized spacial score (nSPS) is 40.8. The van der Waals surface area contributed by atoms with Gasteiger partial charge in [-0.1, -0.05) is 0 Å². The van der Waals surface area contributed by atoms with Crippen LogP contribution < -0.4 is 0 Å². The van der Waals surface area contributed by atoms with E-state index in [9.17, 15) is 0 Å². The summed E-state index contributed by atoms with van der Waals surface area (Å²) in [6, 6.07) is 0. The van der Waals surface area contributed by atoms with Gasteiger partial charge in [0.05, 0.1) is 11.7 Å². The van der Waals surface area contributed by atoms with Crippen molar-refractivity contribution >= 4 is 0 Å². The van der Waals surface area contributed by atoms with Crippen LogP contribution in [0.3, 0.4) is 0 Å². The van der Waals surface area contributed by atoms with Gasteiger partial charge in [0.1, 0.15) is 0 Å². The number of hydrogen-bond acceptors (Lipinski definition) is 2. The first kappa shape index (κ1) is 9.47. The maximum atomic E-state index is 5.76. The Bertz CT molecular complexity index is 155. The molecule has 0 amide bonds. The lowest BCUT2D eigenvalue weighted by Crippen LogP contribution is -2.32. The number of hydrogen-bond donors (Lipinski definition) is 0. The van der Waals surface area contributed by atoms with Crippen molar-refractivity contribution in [3.8, 4) is 0 Å². The van der Waals surface area contributed by atoms with Gasteiger partial charge >= 0.3 is 0 Å². The van der Waals surface area contributed by atoms with Crippen molar-refractivity contribution in [3.05, 3.63) is 0 Å². The fraction of sp³-hybridized carbons (Fsp3) is 1.00. The first-order valence-corrected chi connectivity index (χ1v) is 5.54. The first-order valence-electron chi connectivity index (χ1n) is 5.54. The fourth-order valence-corrected chi connectivity index (χ4v) is 2.45. The predicted octanol–water partition coefficient (Wildman–Crippen LogP) is 2.51. The Morgan fingerprint density at radius 1 is 1.23 bits per heavy atom. The molecule has 0 aromatic heterocycles. The fourth-order valence-electron chi connectivity index (χ4n) is 2.45. The summed E-state index contributed by atoms with van der Waals surface area (Å²) in [6.07, 6.45) is 7.83. The second kappa shape index (κ2) is 3.97. The van der Waals surface area contributed by atoms with Gasteiger partial charge in [-0.25, -0.2) is 0 Å². The molecule has 0 saturated carbocycles. The maximum Gasteiger partial charge on any atom is 0.0680 e. The summed E-state index contributed by atoms with van der Waals surface area (Å²) < 4.78 is 11.5. The van der Waals surface area contributed by atoms with E-state index in [4.69, 9.17) is 9.47 Å². The molecule has 76 valence electrons. The van der Waals surface area contributed by atoms with Crippen LogP contribution in [0, 0.1) is 0 Å². The summed E-state index contributed by atoms with van der Waals surface area (Å²) in [5.74, 6) is 0. The number of rotatable bonds is 2. The van der Waals surface area contributed by atoms with Crippen molar-refractivity contribution in [3.63, 3.8) is 0 Å². The molecule has 0 radical (unpaired) electrons. The van der Waals surface area contributed by atoms with E-state index in [0.29, 0.717) is 6.10 Å². The molecule has 2 aliphatic rings. The van der Waals surface area contributed by atoms with Gasteiger partial charge in [-0.2, -0.15) is 0 Å². The summed E-state index contributed by atoms with van der Waals surface area (Å²) in [6.45, 7) is 4.14. The molecule has 1 unspecified atom stereocenters. The second-order valence-corrected chi connectivity index (χ2v) is 4.59. The zero-order valence-corrected chi connectivity index (χ0v) is 8.55. The highest BCUT2D eigenvalue weighted by Crippen LogP contribution is 2.32. The lowest BCUT2D eigenvalue weighted by Gasteiger charge is -2.31. The topological polar surface area (TPSA) is 18.5 Å². The van der Waals surface area contributed by atoms with Crippen LogP contribution in [0.1, 0.15) is 45.4 Å². The van der Waals surface area contributed by atoms with E-state index in [1.54, 1.807) is 0 Å². The van der Waals surface area contributed by atoms with Crippen molar-refractivity contribution in [2.24, 2.45) is 0 Å². The van der Waals surface area contributed by atoms with E-state index in [0.717, 1.165) is 19.6 Å². The average Bonchev–Trinajstić information content (AvgIpc) is 2.54. The van der Waals surface area contributed by atoms with Crippen LogP contribution in [0.15, 0.2) is 0 Å². The molecule has 0 spiro atoms. The van der Waals surface area contributed by atoms with Crippen LogP contribution in [-0.4, -0.2) is 24.9 Å². The van der Waals surface area contributed by atoms with Crippen LogP contribution in [0.4, 0.5) is 0 Å². The predicted molar refractivity (Wildman–Crippen MR) is 51.8 cm³/mol. The molecule has 2 aliphatic heterocycles. The third-order valence-corrected chi connectivity index (χ3v) is 3.23. The molecule has 0 aromatic rings. The van der Waals surface area contributed by atoms with E-state index in [1.807, 2.05) is 0 Å². The molecule has 0 aliphatic carbocycles. The highest BCUT2D eigenvalue weighted by molar-refractivity contribution is 4.84. The molecular formula is C11H20O2. The smallest absolute Gasteiger partial charge is 0.0680 e. The second-order valence-electron chi connectivity index (χ2n) is 4.59. The molecule has 2 heterocycles. The molecule has 2 saturated heterocycles. The molecule has 2 heteroatoms. The Morgan fingerprint density at radius 3 is 2.77 bits per heavy atom. The Balaban J connectivity index is 1.81. The largest absolute Gasteiger partial charge is 0.378 e. The minimum absolute atomic E-state index is 0.127. The third kappa shape index (κ3) is 2.44. The summed E-state index contributed by atoms with van der Waals surface area (Å²) in [5, 5.41) is 0. The van der Waals surface area contributed by atoms with E-state index in [2.05, 4.69) is 6.92 Å². The Labute approximate surface area is 80.6 Å². The van der Waals surface area contributed by atoms with E-state index in [-0.39, 0.29) is 5.60 Å². The molecule has 2 atom stereocenters. The molecule has 0 aromatic carbocycles. The van der Waals surface area contributed by atoms with Gasteiger partial charge in [-0.05, 0) is 39.0 Å². The van der Waals surface area contributed by atoms with Gasteiger partial charge in [0.25, 0.3) is 0 Å². The highest BCUT2D eigenvalue weighted by atomic mass is 16.5. The lowest BCUT2D eigenvalue weighted by molar-refractivity contribution is -0.0597. The molecule has 13 heavy (non-hydrogen) atoms. The highest BCUT2D eigenvalue weighted by Gasteiger charge is 2.33. The third-order valence-electron chi connectivity index (χ3n) is 3.23. The van der Waals surface area contributed by atoms with E-state index < -0.39 is 0 Å². The molecule has 0 N–H and O–H groups in total. The SMILES string of the molecule is C[C@]1(CC2CCCCO2)CCCO1. The van der Waals surface area contributed by atoms with Crippen LogP contribution in [0.25, 0.3) is 0 Å². The molecule has 0 bridgehead atoms. The van der Waals surface area contributed by atoms with Gasteiger partial charge in [-0.3, -0.25) is 0 Å². The van der Waals surface area contributed by atoms with Gasteiger partial charge in [0, 0.05) is 19.6 Å². The Kier molecular flexibility index (Phi) is 2.89. The van der Waals surface area contributed by atoms with E-state index in [1.165, 1.54) is 32.1 Å². The van der Waals surface area contributed by atoms with Crippen molar-refractivity contribution < 1.29 is 9.47 Å². The molecule has 2 nitrogen and oxygen atoms in total. The Hall–Kier alpha value is -0.0800. The standard InChI is InChI=1S/C11H20O2/c1-11(6-4-8-13-11)9-10-5-2-3-7-12-10/h10H,2-9H2,1H3/t10?,11-/m1/s1. The Morgan fingerprint density at radius 2 is 2.15 bits per heavy atom. The van der Waals surface area contributed by atoms with Crippen molar-refractivity contribution in [1.82, 2.24) is 0 Å². The quantitative estimate of drug-likeness (QED) is 0.656. The van der Waals surface area contributed by atoms with Gasteiger partial charge in [-0.15, -0.1) is 0 Å². The molecular weight excluding hydrogens is 164 g/mol. The van der Waals surface area contributed by atoms with Gasteiger partial charge in [0.2, 0.25) is 0 Å². The van der Waals surface area contributed by atoms with Crippen molar-refractivity contribution in [2.75, 3.05) is 13.2 Å². The minimum Gasteiger partial charge on any atom is -0.378 e. The molecule has 2 fully saturated rings. The first-order chi connectivity index (χ1) is 6.29.